The molecule has 0 saturated heterocycles. The predicted molar refractivity (Wildman–Crippen MR) is 90.5 cm³/mol. The third-order valence-electron chi connectivity index (χ3n) is 4.02. The molecule has 128 valence electrons. The highest BCUT2D eigenvalue weighted by Gasteiger charge is 2.29. The summed E-state index contributed by atoms with van der Waals surface area (Å²) in [4.78, 5) is 12.2. The fraction of sp³-hybridized carbons (Fsp3) is 0.316. The Morgan fingerprint density at radius 1 is 1.17 bits per heavy atom. The van der Waals surface area contributed by atoms with Crippen LogP contribution in [0, 0.1) is 5.82 Å². The van der Waals surface area contributed by atoms with Gasteiger partial charge in [-0.25, -0.2) is 4.39 Å². The van der Waals surface area contributed by atoms with E-state index in [0.29, 0.717) is 11.3 Å². The van der Waals surface area contributed by atoms with Crippen molar-refractivity contribution in [1.29, 1.82) is 0 Å². The van der Waals surface area contributed by atoms with Crippen LogP contribution in [0.4, 0.5) is 4.39 Å². The van der Waals surface area contributed by atoms with Crippen molar-refractivity contribution in [2.24, 2.45) is 0 Å². The Morgan fingerprint density at radius 3 is 2.58 bits per heavy atom. The lowest BCUT2D eigenvalue weighted by molar-refractivity contribution is -0.122. The zero-order valence-electron chi connectivity index (χ0n) is 14.1. The van der Waals surface area contributed by atoms with E-state index in [4.69, 9.17) is 9.47 Å². The third-order valence-corrected chi connectivity index (χ3v) is 4.02. The van der Waals surface area contributed by atoms with Gasteiger partial charge in [-0.1, -0.05) is 30.3 Å². The van der Waals surface area contributed by atoms with Gasteiger partial charge in [-0.15, -0.1) is 0 Å². The van der Waals surface area contributed by atoms with Gasteiger partial charge in [-0.05, 0) is 30.7 Å². The van der Waals surface area contributed by atoms with Crippen molar-refractivity contribution in [3.63, 3.8) is 0 Å². The van der Waals surface area contributed by atoms with Crippen molar-refractivity contribution in [1.82, 2.24) is 5.32 Å². The van der Waals surface area contributed by atoms with E-state index in [1.807, 2.05) is 24.3 Å². The molecule has 0 spiro atoms. The number of hydrogen-bond donors (Lipinski definition) is 1. The van der Waals surface area contributed by atoms with Gasteiger partial charge in [0, 0.05) is 12.7 Å². The maximum atomic E-state index is 14.0. The molecule has 4 nitrogen and oxygen atoms in total. The van der Waals surface area contributed by atoms with Gasteiger partial charge in [0.1, 0.15) is 17.2 Å². The van der Waals surface area contributed by atoms with E-state index in [9.17, 15) is 9.18 Å². The topological polar surface area (TPSA) is 47.6 Å². The van der Waals surface area contributed by atoms with Gasteiger partial charge in [0.15, 0.2) is 0 Å². The Bertz CT molecular complexity index is 705. The van der Waals surface area contributed by atoms with Crippen molar-refractivity contribution in [2.75, 3.05) is 20.8 Å². The Labute approximate surface area is 141 Å². The first-order chi connectivity index (χ1) is 11.5. The molecule has 0 fully saturated rings. The molecule has 0 unspecified atom stereocenters. The minimum Gasteiger partial charge on any atom is -0.497 e. The summed E-state index contributed by atoms with van der Waals surface area (Å²) < 4.78 is 24.6. The number of rotatable bonds is 7. The fourth-order valence-corrected chi connectivity index (χ4v) is 2.47. The normalized spacial score (nSPS) is 13.2. The number of halogens is 1. The van der Waals surface area contributed by atoms with Crippen LogP contribution in [0.25, 0.3) is 0 Å². The summed E-state index contributed by atoms with van der Waals surface area (Å²) in [5.74, 6) is 0.181. The Morgan fingerprint density at radius 2 is 1.92 bits per heavy atom. The van der Waals surface area contributed by atoms with E-state index in [1.54, 1.807) is 32.2 Å². The van der Waals surface area contributed by atoms with Gasteiger partial charge in [-0.3, -0.25) is 4.79 Å². The minimum absolute atomic E-state index is 0.164. The Hall–Kier alpha value is -2.40. The molecule has 0 aliphatic carbocycles. The lowest BCUT2D eigenvalue weighted by Crippen LogP contribution is -2.41. The van der Waals surface area contributed by atoms with Crippen LogP contribution in [-0.4, -0.2) is 26.7 Å². The molecule has 1 amide bonds. The first-order valence-electron chi connectivity index (χ1n) is 7.68. The van der Waals surface area contributed by atoms with Crippen molar-refractivity contribution in [3.05, 3.63) is 65.5 Å². The highest BCUT2D eigenvalue weighted by atomic mass is 19.1. The second-order valence-corrected chi connectivity index (χ2v) is 5.72. The number of methoxy groups -OCH3 is 2. The predicted octanol–water partition coefficient (Wildman–Crippen LogP) is 3.05. The van der Waals surface area contributed by atoms with Crippen LogP contribution in [0.5, 0.6) is 5.75 Å². The maximum absolute atomic E-state index is 14.0. The molecule has 1 atom stereocenters. The van der Waals surface area contributed by atoms with Crippen LogP contribution in [0.3, 0.4) is 0 Å². The number of ether oxygens (including phenoxy) is 2. The molecule has 1 N–H and O–H groups in total. The van der Waals surface area contributed by atoms with E-state index in [1.165, 1.54) is 13.2 Å². The summed E-state index contributed by atoms with van der Waals surface area (Å²) >= 11 is 0. The summed E-state index contributed by atoms with van der Waals surface area (Å²) in [5, 5.41) is 2.81. The lowest BCUT2D eigenvalue weighted by atomic mass is 9.95. The highest BCUT2D eigenvalue weighted by molar-refractivity contribution is 5.78. The van der Waals surface area contributed by atoms with Gasteiger partial charge in [-0.2, -0.15) is 0 Å². The van der Waals surface area contributed by atoms with Gasteiger partial charge >= 0.3 is 0 Å². The molecular weight excluding hydrogens is 309 g/mol. The smallest absolute Gasteiger partial charge is 0.224 e. The van der Waals surface area contributed by atoms with Crippen molar-refractivity contribution < 1.29 is 18.7 Å². The Balaban J connectivity index is 2.02. The van der Waals surface area contributed by atoms with E-state index in [-0.39, 0.29) is 24.7 Å². The molecule has 0 aromatic heterocycles. The van der Waals surface area contributed by atoms with Crippen LogP contribution >= 0.6 is 0 Å². The zero-order chi connectivity index (χ0) is 17.6. The second kappa shape index (κ2) is 7.93. The summed E-state index contributed by atoms with van der Waals surface area (Å²) in [6.45, 7) is 1.92. The summed E-state index contributed by atoms with van der Waals surface area (Å²) in [6, 6.07) is 13.7. The molecular formula is C19H22FNO3. The van der Waals surface area contributed by atoms with Gasteiger partial charge < -0.3 is 14.8 Å². The molecule has 2 rings (SSSR count). The molecule has 0 aliphatic rings. The molecule has 0 aliphatic heterocycles. The van der Waals surface area contributed by atoms with Crippen LogP contribution in [-0.2, 0) is 21.6 Å². The molecule has 0 bridgehead atoms. The van der Waals surface area contributed by atoms with Crippen molar-refractivity contribution >= 4 is 5.91 Å². The molecule has 2 aromatic carbocycles. The quantitative estimate of drug-likeness (QED) is 0.848. The fourth-order valence-electron chi connectivity index (χ4n) is 2.47. The largest absolute Gasteiger partial charge is 0.497 e. The lowest BCUT2D eigenvalue weighted by Gasteiger charge is -2.29. The average molecular weight is 331 g/mol. The number of benzene rings is 2. The van der Waals surface area contributed by atoms with Crippen LogP contribution in [0.15, 0.2) is 48.5 Å². The molecule has 0 radical (unpaired) electrons. The van der Waals surface area contributed by atoms with Gasteiger partial charge in [0.2, 0.25) is 5.91 Å². The zero-order valence-corrected chi connectivity index (χ0v) is 14.1. The SMILES string of the molecule is COc1cccc(CC(=O)NC[C@](C)(OC)c2ccccc2F)c1. The van der Waals surface area contributed by atoms with Crippen molar-refractivity contribution in [2.45, 2.75) is 18.9 Å². The van der Waals surface area contributed by atoms with Crippen LogP contribution in [0.2, 0.25) is 0 Å². The minimum atomic E-state index is -0.935. The van der Waals surface area contributed by atoms with Gasteiger partial charge in [0.25, 0.3) is 0 Å². The molecule has 0 heterocycles. The molecule has 5 heteroatoms. The first kappa shape index (κ1) is 17.9. The number of hydrogen-bond acceptors (Lipinski definition) is 3. The first-order valence-corrected chi connectivity index (χ1v) is 7.68. The Kier molecular flexibility index (Phi) is 5.93. The summed E-state index contributed by atoms with van der Waals surface area (Å²) in [7, 11) is 3.08. The number of amides is 1. The van der Waals surface area contributed by atoms with Crippen LogP contribution in [0.1, 0.15) is 18.1 Å². The van der Waals surface area contributed by atoms with E-state index < -0.39 is 5.60 Å². The molecule has 2 aromatic rings. The average Bonchev–Trinajstić information content (AvgIpc) is 2.60. The number of carbonyl (C=O) groups excluding carboxylic acids is 1. The van der Waals surface area contributed by atoms with E-state index in [2.05, 4.69) is 5.32 Å². The van der Waals surface area contributed by atoms with E-state index in [0.717, 1.165) is 5.56 Å². The monoisotopic (exact) mass is 331 g/mol. The summed E-state index contributed by atoms with van der Waals surface area (Å²) in [6.07, 6.45) is 0.217. The van der Waals surface area contributed by atoms with Crippen molar-refractivity contribution in [3.8, 4) is 5.75 Å². The number of nitrogens with one attached hydrogen (secondary N) is 1. The number of carbonyl (C=O) groups is 1. The van der Waals surface area contributed by atoms with E-state index >= 15 is 0 Å². The van der Waals surface area contributed by atoms with Gasteiger partial charge in [0.05, 0.1) is 20.1 Å². The summed E-state index contributed by atoms with van der Waals surface area (Å²) in [5.41, 5.74) is 0.320. The molecule has 0 saturated carbocycles. The highest BCUT2D eigenvalue weighted by Crippen LogP contribution is 2.26. The van der Waals surface area contributed by atoms with Crippen LogP contribution < -0.4 is 10.1 Å². The molecule has 24 heavy (non-hydrogen) atoms. The third kappa shape index (κ3) is 4.32. The standard InChI is InChI=1S/C19H22FNO3/c1-19(24-3,16-9-4-5-10-17(16)20)13-21-18(22)12-14-7-6-8-15(11-14)23-2/h4-11H,12-13H2,1-3H3,(H,21,22)/t19-/m0/s1. The second-order valence-electron chi connectivity index (χ2n) is 5.72. The maximum Gasteiger partial charge on any atom is 0.224 e.